The number of rotatable bonds is 3. The van der Waals surface area contributed by atoms with E-state index in [0.29, 0.717) is 36.4 Å². The van der Waals surface area contributed by atoms with Crippen LogP contribution in [0.1, 0.15) is 25.3 Å². The fourth-order valence-electron chi connectivity index (χ4n) is 2.34. The Bertz CT molecular complexity index is 673. The van der Waals surface area contributed by atoms with E-state index in [1.54, 1.807) is 17.0 Å². The third-order valence-corrected chi connectivity index (χ3v) is 4.66. The van der Waals surface area contributed by atoms with Crippen LogP contribution in [-0.2, 0) is 4.79 Å². The summed E-state index contributed by atoms with van der Waals surface area (Å²) in [4.78, 5) is 14.4. The van der Waals surface area contributed by atoms with E-state index < -0.39 is 6.17 Å². The van der Waals surface area contributed by atoms with Gasteiger partial charge in [0.2, 0.25) is 0 Å². The zero-order valence-electron chi connectivity index (χ0n) is 13.5. The number of carbonyl (C=O) groups is 1. The van der Waals surface area contributed by atoms with Crippen molar-refractivity contribution in [1.82, 2.24) is 4.90 Å². The van der Waals surface area contributed by atoms with E-state index in [4.69, 9.17) is 5.73 Å². The van der Waals surface area contributed by atoms with Crippen molar-refractivity contribution in [3.05, 3.63) is 46.8 Å². The summed E-state index contributed by atoms with van der Waals surface area (Å²) in [6.45, 7) is 2.66. The lowest BCUT2D eigenvalue weighted by Gasteiger charge is -2.29. The largest absolute Gasteiger partial charge is 0.404 e. The highest BCUT2D eigenvalue weighted by atomic mass is 32.2. The number of amides is 1. The molecule has 1 aliphatic rings. The Morgan fingerprint density at radius 3 is 2.79 bits per heavy atom. The Kier molecular flexibility index (Phi) is 6.68. The van der Waals surface area contributed by atoms with E-state index >= 15 is 0 Å². The highest BCUT2D eigenvalue weighted by Gasteiger charge is 2.25. The van der Waals surface area contributed by atoms with Gasteiger partial charge in [0.05, 0.1) is 10.2 Å². The molecule has 6 heteroatoms. The Morgan fingerprint density at radius 1 is 1.46 bits per heavy atom. The minimum Gasteiger partial charge on any atom is -0.404 e. The third-order valence-electron chi connectivity index (χ3n) is 3.62. The molecule has 128 valence electrons. The Hall–Kier alpha value is -2.00. The molecule has 1 amide bonds. The van der Waals surface area contributed by atoms with E-state index in [2.05, 4.69) is 11.8 Å². The quantitative estimate of drug-likeness (QED) is 0.673. The summed E-state index contributed by atoms with van der Waals surface area (Å²) in [5.74, 6) is 5.34. The van der Waals surface area contributed by atoms with Crippen LogP contribution in [-0.4, -0.2) is 35.3 Å². The zero-order chi connectivity index (χ0) is 17.5. The average molecular weight is 350 g/mol. The maximum absolute atomic E-state index is 13.2. The highest BCUT2D eigenvalue weighted by Crippen LogP contribution is 2.24. The number of likely N-dealkylation sites (tertiary alicyclic amines) is 1. The van der Waals surface area contributed by atoms with E-state index in [1.165, 1.54) is 30.1 Å². The molecule has 0 spiro atoms. The summed E-state index contributed by atoms with van der Waals surface area (Å²) in [5, 5.41) is -0.189. The average Bonchev–Trinajstić information content (AvgIpc) is 2.58. The number of thioether (sulfide) groups is 1. The van der Waals surface area contributed by atoms with Crippen molar-refractivity contribution in [3.63, 3.8) is 0 Å². The molecule has 0 aliphatic carbocycles. The monoisotopic (exact) mass is 350 g/mol. The first-order chi connectivity index (χ1) is 11.5. The molecule has 2 rings (SSSR count). The van der Waals surface area contributed by atoms with Crippen molar-refractivity contribution in [2.24, 2.45) is 5.73 Å². The van der Waals surface area contributed by atoms with Gasteiger partial charge in [-0.15, -0.1) is 11.8 Å². The van der Waals surface area contributed by atoms with E-state index in [0.717, 1.165) is 0 Å². The van der Waals surface area contributed by atoms with Crippen molar-refractivity contribution in [2.45, 2.75) is 31.2 Å². The number of hydrogen-bond donors (Lipinski definition) is 1. The normalized spacial score (nSPS) is 17.1. The van der Waals surface area contributed by atoms with Crippen LogP contribution in [0, 0.1) is 17.7 Å². The SMILES string of the molecule is CC(C#Cc1cccc(F)c1)S/C(=C\N)C(=O)N1CCC(F)CC1. The first-order valence-electron chi connectivity index (χ1n) is 7.78. The molecule has 1 aliphatic heterocycles. The molecule has 0 radical (unpaired) electrons. The van der Waals surface area contributed by atoms with Crippen LogP contribution in [0.3, 0.4) is 0 Å². The molecule has 1 unspecified atom stereocenters. The predicted octanol–water partition coefficient (Wildman–Crippen LogP) is 3.06. The Labute approximate surface area is 145 Å². The fourth-order valence-corrected chi connectivity index (χ4v) is 3.15. The first-order valence-corrected chi connectivity index (χ1v) is 8.66. The van der Waals surface area contributed by atoms with Gasteiger partial charge in [-0.05, 0) is 38.0 Å². The number of hydrogen-bond acceptors (Lipinski definition) is 3. The molecule has 0 bridgehead atoms. The molecule has 1 aromatic rings. The fraction of sp³-hybridized carbons (Fsp3) is 0.389. The molecule has 24 heavy (non-hydrogen) atoms. The number of nitrogens with zero attached hydrogens (tertiary/aromatic N) is 1. The van der Waals surface area contributed by atoms with Gasteiger partial charge in [-0.25, -0.2) is 8.78 Å². The maximum Gasteiger partial charge on any atom is 0.261 e. The summed E-state index contributed by atoms with van der Waals surface area (Å²) in [6, 6.07) is 6.04. The van der Waals surface area contributed by atoms with Gasteiger partial charge in [-0.3, -0.25) is 4.79 Å². The molecule has 1 aromatic carbocycles. The molecule has 0 saturated carbocycles. The molecule has 1 fully saturated rings. The molecule has 2 N–H and O–H groups in total. The van der Waals surface area contributed by atoms with Gasteiger partial charge in [0.25, 0.3) is 5.91 Å². The van der Waals surface area contributed by atoms with Crippen LogP contribution in [0.25, 0.3) is 0 Å². The molecule has 1 saturated heterocycles. The number of alkyl halides is 1. The second-order valence-corrected chi connectivity index (χ2v) is 6.92. The molecule has 1 heterocycles. The van der Waals surface area contributed by atoms with E-state index in [-0.39, 0.29) is 17.0 Å². The van der Waals surface area contributed by atoms with Gasteiger partial charge < -0.3 is 10.6 Å². The van der Waals surface area contributed by atoms with Gasteiger partial charge in [0.1, 0.15) is 12.0 Å². The van der Waals surface area contributed by atoms with Gasteiger partial charge in [0.15, 0.2) is 0 Å². The van der Waals surface area contributed by atoms with Crippen molar-refractivity contribution >= 4 is 17.7 Å². The summed E-state index contributed by atoms with van der Waals surface area (Å²) in [6.07, 6.45) is 1.17. The van der Waals surface area contributed by atoms with Crippen LogP contribution in [0.5, 0.6) is 0 Å². The number of carbonyl (C=O) groups excluding carboxylic acids is 1. The molecule has 0 aromatic heterocycles. The number of benzene rings is 1. The summed E-state index contributed by atoms with van der Waals surface area (Å²) >= 11 is 1.25. The van der Waals surface area contributed by atoms with E-state index in [9.17, 15) is 13.6 Å². The van der Waals surface area contributed by atoms with Crippen molar-refractivity contribution < 1.29 is 13.6 Å². The Balaban J connectivity index is 1.96. The topological polar surface area (TPSA) is 46.3 Å². The lowest BCUT2D eigenvalue weighted by Crippen LogP contribution is -2.39. The van der Waals surface area contributed by atoms with Crippen LogP contribution in [0.2, 0.25) is 0 Å². The smallest absolute Gasteiger partial charge is 0.261 e. The second kappa shape index (κ2) is 8.74. The minimum absolute atomic E-state index is 0.186. The zero-order valence-corrected chi connectivity index (χ0v) is 14.3. The molecule has 3 nitrogen and oxygen atoms in total. The number of halogens is 2. The van der Waals surface area contributed by atoms with Gasteiger partial charge >= 0.3 is 0 Å². The standard InChI is InChI=1S/C18H20F2N2OS/c1-13(5-6-14-3-2-4-16(20)11-14)24-17(12-21)18(23)22-9-7-15(19)8-10-22/h2-4,11-13,15H,7-10,21H2,1H3/b17-12-. The van der Waals surface area contributed by atoms with Crippen LogP contribution in [0.4, 0.5) is 8.78 Å². The van der Waals surface area contributed by atoms with Gasteiger partial charge in [0, 0.05) is 24.9 Å². The van der Waals surface area contributed by atoms with Gasteiger partial charge in [-0.1, -0.05) is 17.9 Å². The third kappa shape index (κ3) is 5.27. The molecular formula is C18H20F2N2OS. The second-order valence-electron chi connectivity index (χ2n) is 5.54. The van der Waals surface area contributed by atoms with Crippen molar-refractivity contribution in [2.75, 3.05) is 13.1 Å². The highest BCUT2D eigenvalue weighted by molar-refractivity contribution is 8.04. The first kappa shape index (κ1) is 18.3. The van der Waals surface area contributed by atoms with Crippen LogP contribution in [0.15, 0.2) is 35.4 Å². The van der Waals surface area contributed by atoms with Crippen molar-refractivity contribution in [3.8, 4) is 11.8 Å². The van der Waals surface area contributed by atoms with Gasteiger partial charge in [-0.2, -0.15) is 0 Å². The minimum atomic E-state index is -0.830. The van der Waals surface area contributed by atoms with Crippen LogP contribution < -0.4 is 5.73 Å². The number of piperidine rings is 1. The lowest BCUT2D eigenvalue weighted by atomic mass is 10.1. The molecular weight excluding hydrogens is 330 g/mol. The predicted molar refractivity (Wildman–Crippen MR) is 93.3 cm³/mol. The summed E-state index contributed by atoms with van der Waals surface area (Å²) in [5.41, 5.74) is 6.16. The number of nitrogens with two attached hydrogens (primary N) is 1. The summed E-state index contributed by atoms with van der Waals surface area (Å²) < 4.78 is 26.3. The van der Waals surface area contributed by atoms with Crippen LogP contribution >= 0.6 is 11.8 Å². The van der Waals surface area contributed by atoms with E-state index in [1.807, 2.05) is 6.92 Å². The Morgan fingerprint density at radius 2 is 2.17 bits per heavy atom. The maximum atomic E-state index is 13.2. The lowest BCUT2D eigenvalue weighted by molar-refractivity contribution is -0.127. The molecule has 1 atom stereocenters. The van der Waals surface area contributed by atoms with Crippen molar-refractivity contribution in [1.29, 1.82) is 0 Å². The summed E-state index contributed by atoms with van der Waals surface area (Å²) in [7, 11) is 0.